The standard InChI is InChI=1S/C24H28N2O6/c1-16(27)18-7-9-20-19(14-18)26(24(29)15-32-20)12-4-5-23(28)25-11-10-17-6-8-21(30-2)22(13-17)31-3/h6-9,13-14H,4-5,10-12,15H2,1-3H3,(H,25,28). The Morgan fingerprint density at radius 1 is 1.09 bits per heavy atom. The molecule has 2 aromatic carbocycles. The van der Waals surface area contributed by atoms with E-state index in [1.807, 2.05) is 18.2 Å². The highest BCUT2D eigenvalue weighted by Gasteiger charge is 2.26. The molecule has 0 aliphatic carbocycles. The van der Waals surface area contributed by atoms with Crippen LogP contribution in [0.5, 0.6) is 17.2 Å². The third-order valence-corrected chi connectivity index (χ3v) is 5.28. The number of rotatable bonds is 10. The maximum absolute atomic E-state index is 12.3. The van der Waals surface area contributed by atoms with Gasteiger partial charge in [-0.25, -0.2) is 0 Å². The van der Waals surface area contributed by atoms with E-state index in [1.165, 1.54) is 6.92 Å². The minimum Gasteiger partial charge on any atom is -0.493 e. The molecule has 170 valence electrons. The number of carbonyl (C=O) groups excluding carboxylic acids is 3. The Morgan fingerprint density at radius 2 is 1.88 bits per heavy atom. The van der Waals surface area contributed by atoms with Gasteiger partial charge in [0.15, 0.2) is 23.9 Å². The smallest absolute Gasteiger partial charge is 0.265 e. The molecule has 1 N–H and O–H groups in total. The van der Waals surface area contributed by atoms with Crippen molar-refractivity contribution in [3.8, 4) is 17.2 Å². The van der Waals surface area contributed by atoms with E-state index in [1.54, 1.807) is 37.3 Å². The number of ketones is 1. The first-order chi connectivity index (χ1) is 15.4. The van der Waals surface area contributed by atoms with Crippen LogP contribution in [0.1, 0.15) is 35.7 Å². The third kappa shape index (κ3) is 5.57. The fourth-order valence-corrected chi connectivity index (χ4v) is 3.53. The minimum atomic E-state index is -0.188. The lowest BCUT2D eigenvalue weighted by atomic mass is 10.1. The molecular weight excluding hydrogens is 412 g/mol. The molecule has 0 unspecified atom stereocenters. The summed E-state index contributed by atoms with van der Waals surface area (Å²) in [6, 6.07) is 10.7. The highest BCUT2D eigenvalue weighted by Crippen LogP contribution is 2.33. The molecule has 3 rings (SSSR count). The van der Waals surface area contributed by atoms with Crippen LogP contribution in [-0.2, 0) is 16.0 Å². The predicted molar refractivity (Wildman–Crippen MR) is 120 cm³/mol. The van der Waals surface area contributed by atoms with Crippen molar-refractivity contribution in [2.45, 2.75) is 26.2 Å². The molecule has 0 aromatic heterocycles. The highest BCUT2D eigenvalue weighted by atomic mass is 16.5. The minimum absolute atomic E-state index is 0.0516. The van der Waals surface area contributed by atoms with Crippen LogP contribution in [0.15, 0.2) is 36.4 Å². The van der Waals surface area contributed by atoms with Crippen molar-refractivity contribution in [1.29, 1.82) is 0 Å². The Hall–Kier alpha value is -3.55. The normalized spacial score (nSPS) is 12.6. The summed E-state index contributed by atoms with van der Waals surface area (Å²) < 4.78 is 16.0. The number of hydrogen-bond donors (Lipinski definition) is 1. The van der Waals surface area contributed by atoms with E-state index in [-0.39, 0.29) is 30.6 Å². The van der Waals surface area contributed by atoms with Crippen LogP contribution in [0, 0.1) is 0 Å². The topological polar surface area (TPSA) is 94.2 Å². The Bertz CT molecular complexity index is 1000. The lowest BCUT2D eigenvalue weighted by Gasteiger charge is -2.29. The second-order valence-electron chi connectivity index (χ2n) is 7.47. The number of nitrogens with one attached hydrogen (secondary N) is 1. The fourth-order valence-electron chi connectivity index (χ4n) is 3.53. The number of anilines is 1. The number of carbonyl (C=O) groups is 3. The largest absolute Gasteiger partial charge is 0.493 e. The average Bonchev–Trinajstić information content (AvgIpc) is 2.79. The molecule has 0 saturated heterocycles. The molecule has 1 aliphatic heterocycles. The third-order valence-electron chi connectivity index (χ3n) is 5.28. The van der Waals surface area contributed by atoms with Crippen LogP contribution >= 0.6 is 0 Å². The quantitative estimate of drug-likeness (QED) is 0.571. The van der Waals surface area contributed by atoms with Crippen LogP contribution in [0.3, 0.4) is 0 Å². The molecule has 2 aromatic rings. The van der Waals surface area contributed by atoms with Gasteiger partial charge >= 0.3 is 0 Å². The summed E-state index contributed by atoms with van der Waals surface area (Å²) >= 11 is 0. The second kappa shape index (κ2) is 10.7. The number of benzene rings is 2. The van der Waals surface area contributed by atoms with Crippen molar-refractivity contribution >= 4 is 23.3 Å². The molecule has 1 aliphatic rings. The fraction of sp³-hybridized carbons (Fsp3) is 0.375. The van der Waals surface area contributed by atoms with Crippen LogP contribution < -0.4 is 24.4 Å². The van der Waals surface area contributed by atoms with Gasteiger partial charge in [0.1, 0.15) is 5.75 Å². The predicted octanol–water partition coefficient (Wildman–Crippen LogP) is 2.77. The van der Waals surface area contributed by atoms with Gasteiger partial charge in [0.25, 0.3) is 5.91 Å². The summed E-state index contributed by atoms with van der Waals surface area (Å²) in [5, 5.41) is 2.91. The maximum atomic E-state index is 12.3. The number of amides is 2. The van der Waals surface area contributed by atoms with Crippen molar-refractivity contribution < 1.29 is 28.6 Å². The molecular formula is C24H28N2O6. The van der Waals surface area contributed by atoms with E-state index >= 15 is 0 Å². The zero-order valence-corrected chi connectivity index (χ0v) is 18.6. The summed E-state index contributed by atoms with van der Waals surface area (Å²) in [5.41, 5.74) is 2.11. The van der Waals surface area contributed by atoms with Crippen LogP contribution in [0.25, 0.3) is 0 Å². The lowest BCUT2D eigenvalue weighted by Crippen LogP contribution is -2.40. The molecule has 2 amide bonds. The number of nitrogens with zero attached hydrogens (tertiary/aromatic N) is 1. The molecule has 0 radical (unpaired) electrons. The number of ether oxygens (including phenoxy) is 3. The first kappa shape index (κ1) is 23.1. The molecule has 0 atom stereocenters. The van der Waals surface area contributed by atoms with Gasteiger partial charge in [0.2, 0.25) is 5.91 Å². The number of Topliss-reactive ketones (excluding diaryl/α,β-unsaturated/α-hetero) is 1. The zero-order chi connectivity index (χ0) is 23.1. The lowest BCUT2D eigenvalue weighted by molar-refractivity contribution is -0.122. The first-order valence-electron chi connectivity index (χ1n) is 10.5. The molecule has 8 heteroatoms. The number of methoxy groups -OCH3 is 2. The van der Waals surface area contributed by atoms with Gasteiger partial charge in [-0.15, -0.1) is 0 Å². The summed E-state index contributed by atoms with van der Waals surface area (Å²) in [4.78, 5) is 37.8. The van der Waals surface area contributed by atoms with Crippen molar-refractivity contribution in [2.75, 3.05) is 38.8 Å². The Morgan fingerprint density at radius 3 is 2.59 bits per heavy atom. The van der Waals surface area contributed by atoms with E-state index in [9.17, 15) is 14.4 Å². The van der Waals surface area contributed by atoms with E-state index in [0.29, 0.717) is 54.4 Å². The summed E-state index contributed by atoms with van der Waals surface area (Å²) in [6.07, 6.45) is 1.45. The second-order valence-corrected chi connectivity index (χ2v) is 7.47. The van der Waals surface area contributed by atoms with Crippen molar-refractivity contribution in [2.24, 2.45) is 0 Å². The van der Waals surface area contributed by atoms with E-state index in [4.69, 9.17) is 14.2 Å². The molecule has 0 bridgehead atoms. The zero-order valence-electron chi connectivity index (χ0n) is 18.6. The Labute approximate surface area is 187 Å². The average molecular weight is 440 g/mol. The molecule has 0 saturated carbocycles. The van der Waals surface area contributed by atoms with Gasteiger partial charge in [-0.3, -0.25) is 14.4 Å². The maximum Gasteiger partial charge on any atom is 0.265 e. The van der Waals surface area contributed by atoms with Gasteiger partial charge in [0, 0.05) is 25.1 Å². The number of fused-ring (bicyclic) bond motifs is 1. The molecule has 32 heavy (non-hydrogen) atoms. The summed E-state index contributed by atoms with van der Waals surface area (Å²) in [6.45, 7) is 2.29. The first-order valence-corrected chi connectivity index (χ1v) is 10.5. The van der Waals surface area contributed by atoms with Crippen LogP contribution in [0.2, 0.25) is 0 Å². The van der Waals surface area contributed by atoms with Gasteiger partial charge in [-0.05, 0) is 55.7 Å². The van der Waals surface area contributed by atoms with Gasteiger partial charge < -0.3 is 24.4 Å². The molecule has 8 nitrogen and oxygen atoms in total. The van der Waals surface area contributed by atoms with E-state index in [0.717, 1.165) is 5.56 Å². The van der Waals surface area contributed by atoms with Crippen molar-refractivity contribution in [1.82, 2.24) is 5.32 Å². The molecule has 0 fully saturated rings. The van der Waals surface area contributed by atoms with Crippen molar-refractivity contribution in [3.05, 3.63) is 47.5 Å². The molecule has 1 heterocycles. The van der Waals surface area contributed by atoms with Gasteiger partial charge in [0.05, 0.1) is 19.9 Å². The van der Waals surface area contributed by atoms with E-state index in [2.05, 4.69) is 5.32 Å². The van der Waals surface area contributed by atoms with Gasteiger partial charge in [-0.2, -0.15) is 0 Å². The Balaban J connectivity index is 1.48. The summed E-state index contributed by atoms with van der Waals surface area (Å²) in [7, 11) is 3.17. The monoisotopic (exact) mass is 440 g/mol. The van der Waals surface area contributed by atoms with Crippen LogP contribution in [-0.4, -0.2) is 51.5 Å². The highest BCUT2D eigenvalue weighted by molar-refractivity contribution is 6.01. The SMILES string of the molecule is COc1ccc(CCNC(=O)CCCN2C(=O)COc3ccc(C(C)=O)cc32)cc1OC. The van der Waals surface area contributed by atoms with Crippen LogP contribution in [0.4, 0.5) is 5.69 Å². The summed E-state index contributed by atoms with van der Waals surface area (Å²) in [5.74, 6) is 1.53. The Kier molecular flexibility index (Phi) is 7.70. The van der Waals surface area contributed by atoms with Gasteiger partial charge in [-0.1, -0.05) is 6.07 Å². The van der Waals surface area contributed by atoms with Crippen molar-refractivity contribution in [3.63, 3.8) is 0 Å². The number of hydrogen-bond acceptors (Lipinski definition) is 6. The van der Waals surface area contributed by atoms with E-state index < -0.39 is 0 Å². The molecule has 0 spiro atoms.